The Labute approximate surface area is 163 Å². The standard InChI is InChI=1S/C22H35N3O2/c1-6-20-18(11-12-25(20)16(2)3)22(14-23)13-19(22)21(26)10-8-7-9-17(4)24-15-27-5/h6,9,11-12,16,19,24H,1,7-8,10,13-15,23H2,2-5H3/b17-9-. The van der Waals surface area contributed by atoms with Crippen molar-refractivity contribution in [2.24, 2.45) is 11.7 Å². The van der Waals surface area contributed by atoms with Gasteiger partial charge in [0.15, 0.2) is 0 Å². The number of nitrogens with one attached hydrogen (secondary N) is 1. The number of allylic oxidation sites excluding steroid dienone is 2. The highest BCUT2D eigenvalue weighted by Gasteiger charge is 2.58. The number of ketones is 1. The van der Waals surface area contributed by atoms with Crippen LogP contribution in [0.2, 0.25) is 0 Å². The van der Waals surface area contributed by atoms with Crippen molar-refractivity contribution >= 4 is 11.9 Å². The van der Waals surface area contributed by atoms with E-state index in [9.17, 15) is 4.79 Å². The minimum Gasteiger partial charge on any atom is -0.367 e. The quantitative estimate of drug-likeness (QED) is 0.432. The number of nitrogens with two attached hydrogens (primary N) is 1. The van der Waals surface area contributed by atoms with Gasteiger partial charge >= 0.3 is 0 Å². The molecule has 1 aliphatic rings. The van der Waals surface area contributed by atoms with Crippen molar-refractivity contribution in [2.75, 3.05) is 20.4 Å². The van der Waals surface area contributed by atoms with Gasteiger partial charge in [-0.3, -0.25) is 4.79 Å². The monoisotopic (exact) mass is 373 g/mol. The van der Waals surface area contributed by atoms with Gasteiger partial charge in [0.05, 0.1) is 0 Å². The molecule has 3 N–H and O–H groups in total. The van der Waals surface area contributed by atoms with E-state index < -0.39 is 0 Å². The van der Waals surface area contributed by atoms with Gasteiger partial charge in [-0.1, -0.05) is 12.7 Å². The summed E-state index contributed by atoms with van der Waals surface area (Å²) in [6.45, 7) is 11.3. The molecule has 0 saturated heterocycles. The molecule has 2 unspecified atom stereocenters. The van der Waals surface area contributed by atoms with Crippen LogP contribution < -0.4 is 11.1 Å². The van der Waals surface area contributed by atoms with E-state index in [-0.39, 0.29) is 11.3 Å². The molecule has 2 atom stereocenters. The molecule has 0 amide bonds. The second-order valence-corrected chi connectivity index (χ2v) is 7.79. The Morgan fingerprint density at radius 2 is 2.30 bits per heavy atom. The lowest BCUT2D eigenvalue weighted by molar-refractivity contribution is -0.120. The SMILES string of the molecule is C=Cc1c(C2(CN)CC2C(=O)CCC/C=C(/C)NCOC)ccn1C(C)C. The van der Waals surface area contributed by atoms with Crippen LogP contribution in [0, 0.1) is 5.92 Å². The Bertz CT molecular complexity index is 690. The maximum Gasteiger partial charge on any atom is 0.136 e. The third kappa shape index (κ3) is 4.71. The van der Waals surface area contributed by atoms with Gasteiger partial charge in [-0.15, -0.1) is 0 Å². The van der Waals surface area contributed by atoms with Crippen molar-refractivity contribution in [1.82, 2.24) is 9.88 Å². The zero-order chi connectivity index (χ0) is 20.0. The first kappa shape index (κ1) is 21.5. The van der Waals surface area contributed by atoms with Gasteiger partial charge in [0.25, 0.3) is 0 Å². The van der Waals surface area contributed by atoms with Crippen molar-refractivity contribution in [2.45, 2.75) is 57.9 Å². The molecule has 150 valence electrons. The number of carbonyl (C=O) groups is 1. The third-order valence-corrected chi connectivity index (χ3v) is 5.64. The second kappa shape index (κ2) is 9.38. The lowest BCUT2D eigenvalue weighted by atomic mass is 9.90. The molecular weight excluding hydrogens is 338 g/mol. The molecule has 0 spiro atoms. The molecule has 1 aliphatic carbocycles. The Kier molecular flexibility index (Phi) is 7.45. The Hall–Kier alpha value is -1.85. The van der Waals surface area contributed by atoms with E-state index in [1.807, 2.05) is 13.0 Å². The summed E-state index contributed by atoms with van der Waals surface area (Å²) in [5.74, 6) is 0.379. The summed E-state index contributed by atoms with van der Waals surface area (Å²) < 4.78 is 7.19. The number of nitrogens with zero attached hydrogens (tertiary/aromatic N) is 1. The number of unbranched alkanes of at least 4 members (excludes halogenated alkanes) is 1. The average Bonchev–Trinajstić information content (AvgIpc) is 3.24. The lowest BCUT2D eigenvalue weighted by Crippen LogP contribution is -2.26. The minimum atomic E-state index is -0.202. The smallest absolute Gasteiger partial charge is 0.136 e. The summed E-state index contributed by atoms with van der Waals surface area (Å²) in [6.07, 6.45) is 9.32. The fourth-order valence-electron chi connectivity index (χ4n) is 3.93. The fourth-order valence-corrected chi connectivity index (χ4v) is 3.93. The average molecular weight is 374 g/mol. The van der Waals surface area contributed by atoms with Gasteiger partial charge in [0.2, 0.25) is 0 Å². The lowest BCUT2D eigenvalue weighted by Gasteiger charge is -2.18. The van der Waals surface area contributed by atoms with Gasteiger partial charge in [0, 0.05) is 55.0 Å². The molecule has 5 heteroatoms. The largest absolute Gasteiger partial charge is 0.367 e. The van der Waals surface area contributed by atoms with E-state index in [1.165, 1.54) is 5.56 Å². The van der Waals surface area contributed by atoms with Gasteiger partial charge in [-0.25, -0.2) is 0 Å². The molecule has 0 radical (unpaired) electrons. The number of hydrogen-bond acceptors (Lipinski definition) is 4. The van der Waals surface area contributed by atoms with E-state index in [0.29, 0.717) is 31.5 Å². The number of carbonyl (C=O) groups excluding carboxylic acids is 1. The highest BCUT2D eigenvalue weighted by Crippen LogP contribution is 2.56. The van der Waals surface area contributed by atoms with Gasteiger partial charge in [-0.05, 0) is 57.7 Å². The van der Waals surface area contributed by atoms with Crippen LogP contribution in [-0.2, 0) is 14.9 Å². The summed E-state index contributed by atoms with van der Waals surface area (Å²) in [4.78, 5) is 12.8. The van der Waals surface area contributed by atoms with Crippen molar-refractivity contribution in [3.05, 3.63) is 41.9 Å². The van der Waals surface area contributed by atoms with Crippen LogP contribution in [-0.4, -0.2) is 30.7 Å². The van der Waals surface area contributed by atoms with E-state index in [0.717, 1.165) is 30.7 Å². The molecular formula is C22H35N3O2. The molecule has 27 heavy (non-hydrogen) atoms. The van der Waals surface area contributed by atoms with E-state index >= 15 is 0 Å². The van der Waals surface area contributed by atoms with Crippen molar-refractivity contribution in [3.8, 4) is 0 Å². The molecule has 1 fully saturated rings. The summed E-state index contributed by atoms with van der Waals surface area (Å²) in [6, 6.07) is 2.49. The van der Waals surface area contributed by atoms with Crippen LogP contribution in [0.4, 0.5) is 0 Å². The highest BCUT2D eigenvalue weighted by molar-refractivity contribution is 5.87. The number of Topliss-reactive ketones (excluding diaryl/α,β-unsaturated/α-hetero) is 1. The van der Waals surface area contributed by atoms with Crippen molar-refractivity contribution < 1.29 is 9.53 Å². The summed E-state index contributed by atoms with van der Waals surface area (Å²) in [5.41, 5.74) is 9.32. The van der Waals surface area contributed by atoms with Gasteiger partial charge < -0.3 is 20.4 Å². The fraction of sp³-hybridized carbons (Fsp3) is 0.591. The first-order chi connectivity index (χ1) is 12.9. The molecule has 1 heterocycles. The van der Waals surface area contributed by atoms with Crippen LogP contribution in [0.15, 0.2) is 30.6 Å². The van der Waals surface area contributed by atoms with E-state index in [4.69, 9.17) is 10.5 Å². The maximum absolute atomic E-state index is 12.8. The normalized spacial score (nSPS) is 22.1. The molecule has 0 aromatic carbocycles. The van der Waals surface area contributed by atoms with Gasteiger partial charge in [-0.2, -0.15) is 0 Å². The zero-order valence-corrected chi connectivity index (χ0v) is 17.3. The van der Waals surface area contributed by atoms with Crippen LogP contribution in [0.3, 0.4) is 0 Å². The predicted octanol–water partition coefficient (Wildman–Crippen LogP) is 3.77. The Morgan fingerprint density at radius 1 is 1.56 bits per heavy atom. The maximum atomic E-state index is 12.8. The molecule has 1 aromatic rings. The predicted molar refractivity (Wildman–Crippen MR) is 111 cm³/mol. The number of hydrogen-bond donors (Lipinski definition) is 2. The van der Waals surface area contributed by atoms with Crippen LogP contribution >= 0.6 is 0 Å². The summed E-state index contributed by atoms with van der Waals surface area (Å²) in [5, 5.41) is 3.15. The Morgan fingerprint density at radius 3 is 2.89 bits per heavy atom. The molecule has 0 bridgehead atoms. The molecule has 2 rings (SSSR count). The van der Waals surface area contributed by atoms with Crippen LogP contribution in [0.25, 0.3) is 6.08 Å². The number of methoxy groups -OCH3 is 1. The van der Waals surface area contributed by atoms with Crippen molar-refractivity contribution in [3.63, 3.8) is 0 Å². The Balaban J connectivity index is 1.97. The summed E-state index contributed by atoms with van der Waals surface area (Å²) >= 11 is 0. The highest BCUT2D eigenvalue weighted by atomic mass is 16.5. The van der Waals surface area contributed by atoms with E-state index in [2.05, 4.69) is 48.6 Å². The molecule has 1 saturated carbocycles. The van der Waals surface area contributed by atoms with Crippen LogP contribution in [0.1, 0.15) is 63.8 Å². The first-order valence-electron chi connectivity index (χ1n) is 9.87. The van der Waals surface area contributed by atoms with Crippen LogP contribution in [0.5, 0.6) is 0 Å². The molecule has 1 aromatic heterocycles. The minimum absolute atomic E-state index is 0.0425. The van der Waals surface area contributed by atoms with Crippen molar-refractivity contribution in [1.29, 1.82) is 0 Å². The number of aromatic nitrogens is 1. The second-order valence-electron chi connectivity index (χ2n) is 7.79. The van der Waals surface area contributed by atoms with Gasteiger partial charge in [0.1, 0.15) is 12.5 Å². The third-order valence-electron chi connectivity index (χ3n) is 5.64. The zero-order valence-electron chi connectivity index (χ0n) is 17.3. The molecule has 5 nitrogen and oxygen atoms in total. The summed E-state index contributed by atoms with van der Waals surface area (Å²) in [7, 11) is 1.66. The molecule has 0 aliphatic heterocycles. The van der Waals surface area contributed by atoms with E-state index in [1.54, 1.807) is 7.11 Å². The number of rotatable bonds is 12. The topological polar surface area (TPSA) is 69.3 Å². The number of ether oxygens (including phenoxy) is 1. The first-order valence-corrected chi connectivity index (χ1v) is 9.87.